The van der Waals surface area contributed by atoms with Gasteiger partial charge in [-0.15, -0.1) is 16.7 Å². The van der Waals surface area contributed by atoms with Crippen LogP contribution in [0.15, 0.2) is 4.42 Å². The van der Waals surface area contributed by atoms with Crippen molar-refractivity contribution in [2.75, 3.05) is 18.0 Å². The predicted octanol–water partition coefficient (Wildman–Crippen LogP) is 0.510. The van der Waals surface area contributed by atoms with Gasteiger partial charge in [-0.05, 0) is 13.3 Å². The number of rotatable bonds is 3. The van der Waals surface area contributed by atoms with Gasteiger partial charge in [0.1, 0.15) is 5.88 Å². The van der Waals surface area contributed by atoms with Crippen molar-refractivity contribution < 1.29 is 9.21 Å². The number of nitrogens with zero attached hydrogens (tertiary/aromatic N) is 3. The highest BCUT2D eigenvalue weighted by Crippen LogP contribution is 2.32. The first-order chi connectivity index (χ1) is 7.55. The van der Waals surface area contributed by atoms with Gasteiger partial charge in [-0.2, -0.15) is 0 Å². The lowest BCUT2D eigenvalue weighted by Gasteiger charge is -2.19. The van der Waals surface area contributed by atoms with Crippen molar-refractivity contribution in [2.45, 2.75) is 19.2 Å². The second-order valence-electron chi connectivity index (χ2n) is 4.21. The number of amides is 1. The van der Waals surface area contributed by atoms with Gasteiger partial charge in [-0.25, -0.2) is 0 Å². The summed E-state index contributed by atoms with van der Waals surface area (Å²) in [5.41, 5.74) is 4.83. The molecule has 1 fully saturated rings. The smallest absolute Gasteiger partial charge is 0.318 e. The summed E-state index contributed by atoms with van der Waals surface area (Å²) in [4.78, 5) is 13.1. The molecule has 6 nitrogen and oxygen atoms in total. The van der Waals surface area contributed by atoms with Gasteiger partial charge >= 0.3 is 6.01 Å². The highest BCUT2D eigenvalue weighted by molar-refractivity contribution is 6.16. The molecule has 2 rings (SSSR count). The van der Waals surface area contributed by atoms with Crippen molar-refractivity contribution in [3.63, 3.8) is 0 Å². The molecule has 1 unspecified atom stereocenters. The lowest BCUT2D eigenvalue weighted by atomic mass is 9.89. The second-order valence-corrected chi connectivity index (χ2v) is 4.48. The number of alkyl halides is 1. The zero-order valence-electron chi connectivity index (χ0n) is 8.94. The summed E-state index contributed by atoms with van der Waals surface area (Å²) in [6, 6.07) is 0.403. The standard InChI is InChI=1S/C9H13ClN4O2/c1-9(7(11)15)2-3-14(5-9)8-13-12-6(4-10)16-8/h2-5H2,1H3,(H2,11,15). The van der Waals surface area contributed by atoms with Gasteiger partial charge in [-0.1, -0.05) is 5.10 Å². The summed E-state index contributed by atoms with van der Waals surface area (Å²) in [5, 5.41) is 7.63. The maximum absolute atomic E-state index is 11.3. The van der Waals surface area contributed by atoms with Gasteiger partial charge in [-0.3, -0.25) is 4.79 Å². The molecule has 2 N–H and O–H groups in total. The molecule has 88 valence electrons. The van der Waals surface area contributed by atoms with Gasteiger partial charge in [0.2, 0.25) is 11.8 Å². The van der Waals surface area contributed by atoms with E-state index in [-0.39, 0.29) is 11.8 Å². The number of primary amides is 1. The van der Waals surface area contributed by atoms with Crippen molar-refractivity contribution in [1.82, 2.24) is 10.2 Å². The quantitative estimate of drug-likeness (QED) is 0.783. The third-order valence-electron chi connectivity index (χ3n) is 2.91. The molecule has 0 radical (unpaired) electrons. The van der Waals surface area contributed by atoms with Crippen LogP contribution in [-0.4, -0.2) is 29.2 Å². The lowest BCUT2D eigenvalue weighted by molar-refractivity contribution is -0.125. The first-order valence-corrected chi connectivity index (χ1v) is 5.52. The Balaban J connectivity index is 2.11. The average molecular weight is 245 g/mol. The fourth-order valence-corrected chi connectivity index (χ4v) is 1.86. The van der Waals surface area contributed by atoms with E-state index in [1.165, 1.54) is 0 Å². The van der Waals surface area contributed by atoms with E-state index in [2.05, 4.69) is 10.2 Å². The van der Waals surface area contributed by atoms with Crippen LogP contribution in [0.25, 0.3) is 0 Å². The summed E-state index contributed by atoms with van der Waals surface area (Å²) < 4.78 is 5.31. The average Bonchev–Trinajstić information content (AvgIpc) is 2.84. The normalized spacial score (nSPS) is 25.0. The summed E-state index contributed by atoms with van der Waals surface area (Å²) in [6.07, 6.45) is 0.695. The zero-order valence-corrected chi connectivity index (χ0v) is 9.70. The Morgan fingerprint density at radius 2 is 2.44 bits per heavy atom. The van der Waals surface area contributed by atoms with Crippen molar-refractivity contribution >= 4 is 23.5 Å². The van der Waals surface area contributed by atoms with Crippen LogP contribution in [0, 0.1) is 5.41 Å². The number of nitrogens with two attached hydrogens (primary N) is 1. The Morgan fingerprint density at radius 3 is 2.94 bits per heavy atom. The van der Waals surface area contributed by atoms with Gasteiger partial charge in [0, 0.05) is 13.1 Å². The molecular weight excluding hydrogens is 232 g/mol. The molecule has 1 aliphatic rings. The minimum Gasteiger partial charge on any atom is -0.407 e. The van der Waals surface area contributed by atoms with E-state index >= 15 is 0 Å². The fourth-order valence-electron chi connectivity index (χ4n) is 1.75. The third-order valence-corrected chi connectivity index (χ3v) is 3.14. The SMILES string of the molecule is CC1(C(N)=O)CCN(c2nnc(CCl)o2)C1. The summed E-state index contributed by atoms with van der Waals surface area (Å²) in [5.74, 6) is 0.268. The van der Waals surface area contributed by atoms with E-state index in [1.807, 2.05) is 11.8 Å². The summed E-state index contributed by atoms with van der Waals surface area (Å²) in [6.45, 7) is 3.03. The molecule has 0 saturated carbocycles. The van der Waals surface area contributed by atoms with Gasteiger partial charge in [0.05, 0.1) is 5.41 Å². The first kappa shape index (κ1) is 11.2. The van der Waals surface area contributed by atoms with Crippen LogP contribution >= 0.6 is 11.6 Å². The molecule has 7 heteroatoms. The van der Waals surface area contributed by atoms with Crippen molar-refractivity contribution in [1.29, 1.82) is 0 Å². The number of hydrogen-bond acceptors (Lipinski definition) is 5. The predicted molar refractivity (Wildman–Crippen MR) is 58.0 cm³/mol. The minimum atomic E-state index is -0.518. The van der Waals surface area contributed by atoms with Gasteiger partial charge in [0.25, 0.3) is 0 Å². The lowest BCUT2D eigenvalue weighted by Crippen LogP contribution is -2.37. The minimum absolute atomic E-state index is 0.188. The third kappa shape index (κ3) is 1.84. The fraction of sp³-hybridized carbons (Fsp3) is 0.667. The summed E-state index contributed by atoms with van der Waals surface area (Å²) >= 11 is 5.56. The molecule has 1 aromatic rings. The number of hydrogen-bond donors (Lipinski definition) is 1. The van der Waals surface area contributed by atoms with Crippen LogP contribution in [0.2, 0.25) is 0 Å². The van der Waals surface area contributed by atoms with Crippen LogP contribution in [0.3, 0.4) is 0 Å². The highest BCUT2D eigenvalue weighted by Gasteiger charge is 2.40. The Kier molecular flexibility index (Phi) is 2.75. The van der Waals surface area contributed by atoms with Crippen LogP contribution in [0.1, 0.15) is 19.2 Å². The summed E-state index contributed by atoms with van der Waals surface area (Å²) in [7, 11) is 0. The molecule has 1 atom stereocenters. The molecule has 1 saturated heterocycles. The number of anilines is 1. The van der Waals surface area contributed by atoms with Crippen molar-refractivity contribution in [3.8, 4) is 0 Å². The molecule has 0 aromatic carbocycles. The highest BCUT2D eigenvalue weighted by atomic mass is 35.5. The topological polar surface area (TPSA) is 85.3 Å². The van der Waals surface area contributed by atoms with Gasteiger partial charge < -0.3 is 15.1 Å². The zero-order chi connectivity index (χ0) is 11.8. The molecule has 16 heavy (non-hydrogen) atoms. The molecule has 0 spiro atoms. The Hall–Kier alpha value is -1.30. The maximum atomic E-state index is 11.3. The van der Waals surface area contributed by atoms with E-state index in [0.29, 0.717) is 31.4 Å². The van der Waals surface area contributed by atoms with Gasteiger partial charge in [0.15, 0.2) is 0 Å². The Labute approximate surface area is 97.7 Å². The van der Waals surface area contributed by atoms with Crippen LogP contribution < -0.4 is 10.6 Å². The first-order valence-electron chi connectivity index (χ1n) is 4.98. The number of carbonyl (C=O) groups excluding carboxylic acids is 1. The van der Waals surface area contributed by atoms with Crippen molar-refractivity contribution in [2.24, 2.45) is 11.1 Å². The Morgan fingerprint density at radius 1 is 1.69 bits per heavy atom. The molecule has 0 aliphatic carbocycles. The monoisotopic (exact) mass is 244 g/mol. The van der Waals surface area contributed by atoms with E-state index in [1.54, 1.807) is 0 Å². The van der Waals surface area contributed by atoms with E-state index in [9.17, 15) is 4.79 Å². The Bertz CT molecular complexity index is 408. The number of aromatic nitrogens is 2. The van der Waals surface area contributed by atoms with E-state index in [0.717, 1.165) is 0 Å². The molecule has 1 aliphatic heterocycles. The largest absolute Gasteiger partial charge is 0.407 e. The number of halogens is 1. The maximum Gasteiger partial charge on any atom is 0.318 e. The van der Waals surface area contributed by atoms with Crippen LogP contribution in [0.5, 0.6) is 0 Å². The molecule has 1 amide bonds. The van der Waals surface area contributed by atoms with Crippen LogP contribution in [0.4, 0.5) is 6.01 Å². The number of carbonyl (C=O) groups is 1. The molecule has 0 bridgehead atoms. The van der Waals surface area contributed by atoms with Crippen LogP contribution in [-0.2, 0) is 10.7 Å². The van der Waals surface area contributed by atoms with Crippen molar-refractivity contribution in [3.05, 3.63) is 5.89 Å². The van der Waals surface area contributed by atoms with E-state index < -0.39 is 5.41 Å². The molecule has 2 heterocycles. The molecule has 1 aromatic heterocycles. The molecular formula is C9H13ClN4O2. The van der Waals surface area contributed by atoms with E-state index in [4.69, 9.17) is 21.8 Å². The second kappa shape index (κ2) is 3.93.